The van der Waals surface area contributed by atoms with Gasteiger partial charge in [0.1, 0.15) is 0 Å². The lowest BCUT2D eigenvalue weighted by atomic mass is 9.96. The van der Waals surface area contributed by atoms with Crippen molar-refractivity contribution in [2.75, 3.05) is 10.6 Å². The highest BCUT2D eigenvalue weighted by atomic mass is 16.2. The Labute approximate surface area is 179 Å². The van der Waals surface area contributed by atoms with Crippen molar-refractivity contribution in [2.24, 2.45) is 0 Å². The number of fused-ring (bicyclic) bond motifs is 1. The van der Waals surface area contributed by atoms with Crippen molar-refractivity contribution in [3.05, 3.63) is 47.7 Å². The summed E-state index contributed by atoms with van der Waals surface area (Å²) in [6.45, 7) is 0. The van der Waals surface area contributed by atoms with Crippen molar-refractivity contribution < 1.29 is 9.59 Å². The lowest BCUT2D eigenvalue weighted by Crippen LogP contribution is -2.24. The molecule has 0 spiro atoms. The number of anilines is 3. The van der Waals surface area contributed by atoms with Gasteiger partial charge in [0.25, 0.3) is 5.91 Å². The van der Waals surface area contributed by atoms with Gasteiger partial charge in [-0.05, 0) is 31.1 Å². The maximum absolute atomic E-state index is 12.0. The minimum absolute atomic E-state index is 0.0591. The van der Waals surface area contributed by atoms with Crippen LogP contribution in [0.3, 0.4) is 0 Å². The van der Waals surface area contributed by atoms with E-state index < -0.39 is 0 Å². The Bertz CT molecular complexity index is 1160. The number of hydrogen-bond donors (Lipinski definition) is 3. The van der Waals surface area contributed by atoms with Gasteiger partial charge < -0.3 is 10.6 Å². The zero-order chi connectivity index (χ0) is 21.2. The molecule has 158 valence electrons. The second-order valence-electron chi connectivity index (χ2n) is 7.90. The number of nitrogens with one attached hydrogen (secondary N) is 3. The summed E-state index contributed by atoms with van der Waals surface area (Å²) in [7, 11) is 0. The van der Waals surface area contributed by atoms with Crippen molar-refractivity contribution in [3.63, 3.8) is 0 Å². The summed E-state index contributed by atoms with van der Waals surface area (Å²) in [5, 5.41) is 13.5. The van der Waals surface area contributed by atoms with Crippen molar-refractivity contribution >= 4 is 41.1 Å². The van der Waals surface area contributed by atoms with Gasteiger partial charge in [-0.2, -0.15) is 19.6 Å². The first-order valence-electron chi connectivity index (χ1n) is 10.5. The number of imide groups is 1. The molecule has 0 unspecified atom stereocenters. The van der Waals surface area contributed by atoms with E-state index in [4.69, 9.17) is 4.98 Å². The number of nitrogens with zero attached hydrogens (tertiary/aromatic N) is 4. The number of benzene rings is 1. The van der Waals surface area contributed by atoms with Crippen LogP contribution in [0.2, 0.25) is 0 Å². The standard InChI is InChI=1S/C22H23N7O2/c30-18-12-14(20(31)26-18)11-15-13-23-29-19(15)27-21(24-16-7-3-1-4-8-16)28-22(29)25-17-9-5-2-6-10-17/h2,5-6,9-11,13,16H,1,3-4,7-8,12H2,(H,26,30,31)(H2,24,25,27,28)/b14-11+. The van der Waals surface area contributed by atoms with Crippen molar-refractivity contribution in [2.45, 2.75) is 44.6 Å². The molecular formula is C22H23N7O2. The number of hydrogen-bond acceptors (Lipinski definition) is 7. The molecule has 1 saturated carbocycles. The normalized spacial score (nSPS) is 18.5. The fourth-order valence-electron chi connectivity index (χ4n) is 4.03. The zero-order valence-electron chi connectivity index (χ0n) is 17.0. The molecular weight excluding hydrogens is 394 g/mol. The molecule has 5 rings (SSSR count). The first-order chi connectivity index (χ1) is 15.2. The highest BCUT2D eigenvalue weighted by Crippen LogP contribution is 2.25. The first kappa shape index (κ1) is 19.2. The highest BCUT2D eigenvalue weighted by molar-refractivity contribution is 6.15. The summed E-state index contributed by atoms with van der Waals surface area (Å²) in [5.74, 6) is 0.367. The molecule has 3 N–H and O–H groups in total. The summed E-state index contributed by atoms with van der Waals surface area (Å²) in [6, 6.07) is 10.1. The summed E-state index contributed by atoms with van der Waals surface area (Å²) >= 11 is 0. The minimum atomic E-state index is -0.374. The summed E-state index contributed by atoms with van der Waals surface area (Å²) < 4.78 is 1.61. The molecule has 2 aliphatic rings. The van der Waals surface area contributed by atoms with Gasteiger partial charge in [0.15, 0.2) is 5.65 Å². The van der Waals surface area contributed by atoms with E-state index in [0.717, 1.165) is 18.5 Å². The number of carbonyl (C=O) groups is 2. The van der Waals surface area contributed by atoms with Crippen molar-refractivity contribution in [1.82, 2.24) is 24.9 Å². The zero-order valence-corrected chi connectivity index (χ0v) is 17.0. The quantitative estimate of drug-likeness (QED) is 0.432. The molecule has 0 radical (unpaired) electrons. The van der Waals surface area contributed by atoms with Crippen LogP contribution >= 0.6 is 0 Å². The molecule has 31 heavy (non-hydrogen) atoms. The van der Waals surface area contributed by atoms with E-state index in [1.165, 1.54) is 19.3 Å². The fraction of sp³-hybridized carbons (Fsp3) is 0.318. The van der Waals surface area contributed by atoms with Gasteiger partial charge in [-0.15, -0.1) is 0 Å². The van der Waals surface area contributed by atoms with Crippen molar-refractivity contribution in [3.8, 4) is 0 Å². The molecule has 3 heterocycles. The smallest absolute Gasteiger partial charge is 0.254 e. The Kier molecular flexibility index (Phi) is 5.07. The predicted octanol–water partition coefficient (Wildman–Crippen LogP) is 3.04. The Hall–Kier alpha value is -3.75. The number of para-hydroxylation sites is 1. The third-order valence-electron chi connectivity index (χ3n) is 5.59. The molecule has 1 aliphatic heterocycles. The average molecular weight is 417 g/mol. The lowest BCUT2D eigenvalue weighted by Gasteiger charge is -2.23. The van der Waals surface area contributed by atoms with E-state index in [1.54, 1.807) is 16.8 Å². The SMILES string of the molecule is O=C1C/C(=C\c2cnn3c(Nc4ccccc4)nc(NC4CCCCC4)nc23)C(=O)N1. The van der Waals surface area contributed by atoms with Crippen LogP contribution in [0.5, 0.6) is 0 Å². The van der Waals surface area contributed by atoms with Crippen LogP contribution in [-0.4, -0.2) is 37.4 Å². The van der Waals surface area contributed by atoms with Gasteiger partial charge in [0.2, 0.25) is 17.8 Å². The lowest BCUT2D eigenvalue weighted by molar-refractivity contribution is -0.124. The monoisotopic (exact) mass is 417 g/mol. The second-order valence-corrected chi connectivity index (χ2v) is 7.90. The predicted molar refractivity (Wildman–Crippen MR) is 117 cm³/mol. The number of aromatic nitrogens is 4. The maximum Gasteiger partial charge on any atom is 0.254 e. The van der Waals surface area contributed by atoms with Gasteiger partial charge >= 0.3 is 0 Å². The van der Waals surface area contributed by atoms with E-state index in [0.29, 0.717) is 34.7 Å². The van der Waals surface area contributed by atoms with E-state index >= 15 is 0 Å². The Morgan fingerprint density at radius 3 is 2.61 bits per heavy atom. The van der Waals surface area contributed by atoms with Crippen LogP contribution in [0.4, 0.5) is 17.6 Å². The molecule has 9 nitrogen and oxygen atoms in total. The number of carbonyl (C=O) groups excluding carboxylic acids is 2. The molecule has 9 heteroatoms. The van der Waals surface area contributed by atoms with E-state index in [-0.39, 0.29) is 18.2 Å². The molecule has 2 amide bonds. The number of amides is 2. The fourth-order valence-corrected chi connectivity index (χ4v) is 4.03. The van der Waals surface area contributed by atoms with Gasteiger partial charge in [-0.3, -0.25) is 14.9 Å². The summed E-state index contributed by atoms with van der Waals surface area (Å²) in [5.41, 5.74) is 2.50. The van der Waals surface area contributed by atoms with Gasteiger partial charge in [0, 0.05) is 22.9 Å². The third kappa shape index (κ3) is 4.11. The molecule has 0 atom stereocenters. The van der Waals surface area contributed by atoms with Crippen LogP contribution in [-0.2, 0) is 9.59 Å². The summed E-state index contributed by atoms with van der Waals surface area (Å²) in [4.78, 5) is 32.9. The molecule has 3 aromatic rings. The van der Waals surface area contributed by atoms with E-state index in [9.17, 15) is 9.59 Å². The maximum atomic E-state index is 12.0. The first-order valence-corrected chi connectivity index (χ1v) is 10.5. The number of rotatable bonds is 5. The molecule has 1 aliphatic carbocycles. The molecule has 2 aromatic heterocycles. The van der Waals surface area contributed by atoms with Gasteiger partial charge in [0.05, 0.1) is 12.6 Å². The van der Waals surface area contributed by atoms with E-state index in [2.05, 4.69) is 26.0 Å². The second kappa shape index (κ2) is 8.17. The largest absolute Gasteiger partial charge is 0.351 e. The van der Waals surface area contributed by atoms with Crippen molar-refractivity contribution in [1.29, 1.82) is 0 Å². The van der Waals surface area contributed by atoms with Crippen LogP contribution < -0.4 is 16.0 Å². The Balaban J connectivity index is 1.55. The highest BCUT2D eigenvalue weighted by Gasteiger charge is 2.25. The van der Waals surface area contributed by atoms with Crippen LogP contribution in [0.1, 0.15) is 44.1 Å². The van der Waals surface area contributed by atoms with Gasteiger partial charge in [-0.1, -0.05) is 37.5 Å². The van der Waals surface area contributed by atoms with E-state index in [1.807, 2.05) is 30.3 Å². The van der Waals surface area contributed by atoms with Crippen LogP contribution in [0, 0.1) is 0 Å². The minimum Gasteiger partial charge on any atom is -0.351 e. The molecule has 2 fully saturated rings. The average Bonchev–Trinajstić information content (AvgIpc) is 3.32. The van der Waals surface area contributed by atoms with Crippen LogP contribution in [0.15, 0.2) is 42.1 Å². The molecule has 1 saturated heterocycles. The third-order valence-corrected chi connectivity index (χ3v) is 5.59. The van der Waals surface area contributed by atoms with Gasteiger partial charge in [-0.25, -0.2) is 0 Å². The van der Waals surface area contributed by atoms with Crippen LogP contribution in [0.25, 0.3) is 11.7 Å². The molecule has 0 bridgehead atoms. The Morgan fingerprint density at radius 1 is 1.06 bits per heavy atom. The topological polar surface area (TPSA) is 113 Å². The molecule has 1 aromatic carbocycles. The Morgan fingerprint density at radius 2 is 1.87 bits per heavy atom. The summed E-state index contributed by atoms with van der Waals surface area (Å²) in [6.07, 6.45) is 9.21.